The van der Waals surface area contributed by atoms with Crippen LogP contribution in [0.4, 0.5) is 5.69 Å². The van der Waals surface area contributed by atoms with E-state index in [0.29, 0.717) is 0 Å². The molecule has 1 saturated heterocycles. The smallest absolute Gasteiger partial charge is 0.0363 e. The van der Waals surface area contributed by atoms with Gasteiger partial charge in [-0.2, -0.15) is 0 Å². The third-order valence-electron chi connectivity index (χ3n) is 5.24. The molecule has 1 heterocycles. The molecule has 3 rings (SSSR count). The molecule has 128 valence electrons. The van der Waals surface area contributed by atoms with Crippen LogP contribution in [0, 0.1) is 5.92 Å². The largest absolute Gasteiger partial charge is 0.375 e. The molecule has 2 nitrogen and oxygen atoms in total. The zero-order valence-corrected chi connectivity index (χ0v) is 14.9. The van der Waals surface area contributed by atoms with E-state index in [1.54, 1.807) is 0 Å². The first-order valence-electron chi connectivity index (χ1n) is 9.34. The summed E-state index contributed by atoms with van der Waals surface area (Å²) in [5, 5.41) is 0. The molecule has 0 saturated carbocycles. The van der Waals surface area contributed by atoms with Crippen LogP contribution in [0.25, 0.3) is 0 Å². The molecule has 0 amide bonds. The molecule has 0 aliphatic carbocycles. The van der Waals surface area contributed by atoms with Gasteiger partial charge in [-0.25, -0.2) is 0 Å². The normalized spacial score (nSPS) is 16.2. The Balaban J connectivity index is 1.34. The van der Waals surface area contributed by atoms with Crippen LogP contribution >= 0.6 is 0 Å². The van der Waals surface area contributed by atoms with Crippen LogP contribution in [0.15, 0.2) is 60.7 Å². The second kappa shape index (κ2) is 8.89. The second-order valence-corrected chi connectivity index (χ2v) is 7.09. The Hall–Kier alpha value is -1.80. The van der Waals surface area contributed by atoms with E-state index in [0.717, 1.165) is 12.5 Å². The van der Waals surface area contributed by atoms with Gasteiger partial charge in [-0.15, -0.1) is 0 Å². The first kappa shape index (κ1) is 17.0. The third-order valence-corrected chi connectivity index (χ3v) is 5.24. The maximum absolute atomic E-state index is 2.65. The van der Waals surface area contributed by atoms with Crippen LogP contribution in [0.1, 0.15) is 24.8 Å². The van der Waals surface area contributed by atoms with Gasteiger partial charge in [0.2, 0.25) is 0 Å². The molecule has 0 N–H and O–H groups in total. The van der Waals surface area contributed by atoms with Gasteiger partial charge < -0.3 is 9.80 Å². The average Bonchev–Trinajstić information content (AvgIpc) is 2.65. The van der Waals surface area contributed by atoms with Crippen LogP contribution in [0.2, 0.25) is 0 Å². The number of para-hydroxylation sites is 1. The first-order chi connectivity index (χ1) is 11.8. The number of nitrogens with zero attached hydrogens (tertiary/aromatic N) is 2. The highest BCUT2D eigenvalue weighted by Crippen LogP contribution is 2.21. The van der Waals surface area contributed by atoms with Crippen LogP contribution < -0.4 is 4.90 Å². The molecule has 1 aliphatic heterocycles. The van der Waals surface area contributed by atoms with Gasteiger partial charge in [-0.1, -0.05) is 48.5 Å². The van der Waals surface area contributed by atoms with Crippen molar-refractivity contribution in [3.63, 3.8) is 0 Å². The molecule has 2 aromatic rings. The number of piperidine rings is 1. The molecule has 0 spiro atoms. The zero-order valence-electron chi connectivity index (χ0n) is 14.9. The summed E-state index contributed by atoms with van der Waals surface area (Å²) in [5.41, 5.74) is 2.82. The van der Waals surface area contributed by atoms with E-state index in [1.807, 2.05) is 0 Å². The lowest BCUT2D eigenvalue weighted by Gasteiger charge is -2.32. The number of hydrogen-bond donors (Lipinski definition) is 0. The van der Waals surface area contributed by atoms with Crippen molar-refractivity contribution in [1.82, 2.24) is 4.90 Å². The molecule has 0 atom stereocenters. The van der Waals surface area contributed by atoms with Crippen molar-refractivity contribution in [2.24, 2.45) is 5.92 Å². The number of anilines is 1. The van der Waals surface area contributed by atoms with Crippen LogP contribution in [-0.4, -0.2) is 38.1 Å². The molecular formula is C22H30N2. The lowest BCUT2D eigenvalue weighted by atomic mass is 9.90. The van der Waals surface area contributed by atoms with E-state index in [2.05, 4.69) is 77.5 Å². The highest BCUT2D eigenvalue weighted by molar-refractivity contribution is 5.44. The standard InChI is InChI=1S/C22H30N2/c1-23(22-11-6-3-7-12-22)15-8-16-24-17-13-21(14-18-24)19-20-9-4-2-5-10-20/h2-7,9-12,21H,8,13-19H2,1H3. The highest BCUT2D eigenvalue weighted by atomic mass is 15.1. The number of rotatable bonds is 7. The van der Waals surface area contributed by atoms with Crippen molar-refractivity contribution < 1.29 is 0 Å². The molecule has 1 fully saturated rings. The maximum Gasteiger partial charge on any atom is 0.0363 e. The summed E-state index contributed by atoms with van der Waals surface area (Å²) in [7, 11) is 2.20. The SMILES string of the molecule is CN(CCCN1CCC(Cc2ccccc2)CC1)c1ccccc1. The minimum absolute atomic E-state index is 0.871. The predicted molar refractivity (Wildman–Crippen MR) is 104 cm³/mol. The van der Waals surface area contributed by atoms with Crippen molar-refractivity contribution in [3.05, 3.63) is 66.2 Å². The number of hydrogen-bond acceptors (Lipinski definition) is 2. The van der Waals surface area contributed by atoms with E-state index in [4.69, 9.17) is 0 Å². The van der Waals surface area contributed by atoms with Gasteiger partial charge in [0.15, 0.2) is 0 Å². The maximum atomic E-state index is 2.65. The van der Waals surface area contributed by atoms with Crippen molar-refractivity contribution in [2.75, 3.05) is 38.1 Å². The Bertz CT molecular complexity index is 573. The molecule has 0 aromatic heterocycles. The summed E-state index contributed by atoms with van der Waals surface area (Å²) < 4.78 is 0. The molecule has 0 unspecified atom stereocenters. The summed E-state index contributed by atoms with van der Waals surface area (Å²) in [6.07, 6.45) is 5.20. The lowest BCUT2D eigenvalue weighted by Crippen LogP contribution is -2.36. The monoisotopic (exact) mass is 322 g/mol. The molecule has 0 bridgehead atoms. The summed E-state index contributed by atoms with van der Waals surface area (Å²) in [4.78, 5) is 5.02. The Morgan fingerprint density at radius 2 is 1.54 bits per heavy atom. The molecule has 0 radical (unpaired) electrons. The summed E-state index contributed by atoms with van der Waals surface area (Å²) in [6, 6.07) is 21.7. The van der Waals surface area contributed by atoms with Crippen LogP contribution in [0.5, 0.6) is 0 Å². The molecule has 1 aliphatic rings. The zero-order chi connectivity index (χ0) is 16.6. The molecule has 2 heteroatoms. The summed E-state index contributed by atoms with van der Waals surface area (Å²) in [6.45, 7) is 4.91. The van der Waals surface area contributed by atoms with Crippen molar-refractivity contribution in [3.8, 4) is 0 Å². The molecule has 2 aromatic carbocycles. The van der Waals surface area contributed by atoms with E-state index >= 15 is 0 Å². The lowest BCUT2D eigenvalue weighted by molar-refractivity contribution is 0.183. The summed E-state index contributed by atoms with van der Waals surface area (Å²) in [5.74, 6) is 0.871. The van der Waals surface area contributed by atoms with Crippen molar-refractivity contribution in [2.45, 2.75) is 25.7 Å². The van der Waals surface area contributed by atoms with E-state index < -0.39 is 0 Å². The van der Waals surface area contributed by atoms with Gasteiger partial charge in [-0.05, 0) is 68.9 Å². The average molecular weight is 322 g/mol. The highest BCUT2D eigenvalue weighted by Gasteiger charge is 2.19. The van der Waals surface area contributed by atoms with Crippen LogP contribution in [-0.2, 0) is 6.42 Å². The minimum Gasteiger partial charge on any atom is -0.375 e. The fourth-order valence-corrected chi connectivity index (χ4v) is 3.70. The van der Waals surface area contributed by atoms with Crippen LogP contribution in [0.3, 0.4) is 0 Å². The summed E-state index contributed by atoms with van der Waals surface area (Å²) >= 11 is 0. The number of likely N-dealkylation sites (tertiary alicyclic amines) is 1. The van der Waals surface area contributed by atoms with Gasteiger partial charge in [-0.3, -0.25) is 0 Å². The van der Waals surface area contributed by atoms with Gasteiger partial charge in [0.25, 0.3) is 0 Å². The predicted octanol–water partition coefficient (Wildman–Crippen LogP) is 4.47. The Morgan fingerprint density at radius 3 is 2.21 bits per heavy atom. The first-order valence-corrected chi connectivity index (χ1v) is 9.34. The van der Waals surface area contributed by atoms with Gasteiger partial charge in [0.1, 0.15) is 0 Å². The van der Waals surface area contributed by atoms with Gasteiger partial charge >= 0.3 is 0 Å². The number of benzene rings is 2. The van der Waals surface area contributed by atoms with Gasteiger partial charge in [0, 0.05) is 19.3 Å². The fourth-order valence-electron chi connectivity index (χ4n) is 3.70. The molecule has 24 heavy (non-hydrogen) atoms. The Morgan fingerprint density at radius 1 is 0.917 bits per heavy atom. The third kappa shape index (κ3) is 5.10. The molecular weight excluding hydrogens is 292 g/mol. The van der Waals surface area contributed by atoms with E-state index in [1.165, 1.54) is 56.6 Å². The van der Waals surface area contributed by atoms with E-state index in [9.17, 15) is 0 Å². The van der Waals surface area contributed by atoms with E-state index in [-0.39, 0.29) is 0 Å². The minimum atomic E-state index is 0.871. The topological polar surface area (TPSA) is 6.48 Å². The Kier molecular flexibility index (Phi) is 6.31. The van der Waals surface area contributed by atoms with Gasteiger partial charge in [0.05, 0.1) is 0 Å². The van der Waals surface area contributed by atoms with Crippen molar-refractivity contribution in [1.29, 1.82) is 0 Å². The quantitative estimate of drug-likeness (QED) is 0.742. The second-order valence-electron chi connectivity index (χ2n) is 7.09. The Labute approximate surface area is 147 Å². The van der Waals surface area contributed by atoms with Crippen molar-refractivity contribution >= 4 is 5.69 Å². The fraction of sp³-hybridized carbons (Fsp3) is 0.455.